The molecule has 4 aromatic rings. The van der Waals surface area contributed by atoms with Crippen LogP contribution in [0.25, 0.3) is 0 Å². The monoisotopic (exact) mass is 523 g/mol. The van der Waals surface area contributed by atoms with E-state index >= 15 is 0 Å². The van der Waals surface area contributed by atoms with Gasteiger partial charge in [0.25, 0.3) is 0 Å². The van der Waals surface area contributed by atoms with Crippen molar-refractivity contribution >= 4 is 11.6 Å². The normalized spacial score (nSPS) is 8.95. The number of imidazole rings is 1. The summed E-state index contributed by atoms with van der Waals surface area (Å²) in [5.74, 6) is 0.608. The molecule has 1 amide bonds. The summed E-state index contributed by atoms with van der Waals surface area (Å²) in [6.45, 7) is 14.4. The van der Waals surface area contributed by atoms with E-state index in [4.69, 9.17) is 4.74 Å². The minimum absolute atomic E-state index is 0.0547. The molecule has 0 spiro atoms. The Morgan fingerprint density at radius 2 is 1.55 bits per heavy atom. The van der Waals surface area contributed by atoms with E-state index in [9.17, 15) is 14.3 Å². The molecule has 0 saturated heterocycles. The van der Waals surface area contributed by atoms with Gasteiger partial charge in [0.1, 0.15) is 5.82 Å². The molecular weight excluding hydrogens is 481 g/mol. The number of phenolic OH excluding ortho intramolecular Hbond substituents is 1. The van der Waals surface area contributed by atoms with Crippen molar-refractivity contribution in [2.75, 3.05) is 5.32 Å². The lowest BCUT2D eigenvalue weighted by Crippen LogP contribution is -2.10. The molecule has 0 saturated carbocycles. The zero-order valence-electron chi connectivity index (χ0n) is 23.6. The number of halogens is 1. The Balaban J connectivity index is 0.000000628. The summed E-state index contributed by atoms with van der Waals surface area (Å²) < 4.78 is 20.3. The fourth-order valence-electron chi connectivity index (χ4n) is 2.79. The van der Waals surface area contributed by atoms with Crippen molar-refractivity contribution < 1.29 is 19.0 Å². The van der Waals surface area contributed by atoms with Crippen LogP contribution in [-0.2, 0) is 11.3 Å². The van der Waals surface area contributed by atoms with Crippen LogP contribution in [-0.4, -0.2) is 20.6 Å². The lowest BCUT2D eigenvalue weighted by Gasteiger charge is -2.12. The van der Waals surface area contributed by atoms with Crippen molar-refractivity contribution in [3.8, 4) is 17.2 Å². The number of rotatable bonds is 6. The summed E-state index contributed by atoms with van der Waals surface area (Å²) in [7, 11) is 0. The summed E-state index contributed by atoms with van der Waals surface area (Å²) in [5, 5.41) is 12.4. The van der Waals surface area contributed by atoms with Crippen molar-refractivity contribution in [3.05, 3.63) is 103 Å². The Morgan fingerprint density at radius 1 is 0.921 bits per heavy atom. The number of hydrogen-bond donors (Lipinski definition) is 2. The zero-order valence-corrected chi connectivity index (χ0v) is 23.6. The van der Waals surface area contributed by atoms with Crippen molar-refractivity contribution in [2.45, 2.75) is 61.4 Å². The smallest absolute Gasteiger partial charge is 0.224 e. The van der Waals surface area contributed by atoms with Crippen LogP contribution in [0, 0.1) is 5.82 Å². The maximum absolute atomic E-state index is 12.8. The van der Waals surface area contributed by atoms with E-state index < -0.39 is 0 Å². The summed E-state index contributed by atoms with van der Waals surface area (Å²) in [5.41, 5.74) is 1.52. The van der Waals surface area contributed by atoms with Crippen LogP contribution in [0.5, 0.6) is 17.2 Å². The summed E-state index contributed by atoms with van der Waals surface area (Å²) in [4.78, 5) is 15.3. The third-order valence-electron chi connectivity index (χ3n) is 4.38. The van der Waals surface area contributed by atoms with Crippen LogP contribution in [0.1, 0.15) is 60.5 Å². The second-order valence-electron chi connectivity index (χ2n) is 6.83. The van der Waals surface area contributed by atoms with Crippen LogP contribution in [0.2, 0.25) is 0 Å². The molecule has 0 unspecified atom stereocenters. The first-order chi connectivity index (χ1) is 18.5. The number of carbonyl (C=O) groups is 1. The number of phenols is 1. The van der Waals surface area contributed by atoms with Gasteiger partial charge in [-0.05, 0) is 42.0 Å². The first kappa shape index (κ1) is 33.9. The highest BCUT2D eigenvalue weighted by atomic mass is 19.1. The third-order valence-corrected chi connectivity index (χ3v) is 4.38. The van der Waals surface area contributed by atoms with E-state index in [-0.39, 0.29) is 17.5 Å². The van der Waals surface area contributed by atoms with Crippen molar-refractivity contribution in [1.29, 1.82) is 0 Å². The van der Waals surface area contributed by atoms with Gasteiger partial charge < -0.3 is 19.7 Å². The van der Waals surface area contributed by atoms with Crippen molar-refractivity contribution in [1.82, 2.24) is 9.55 Å². The number of para-hydroxylation sites is 4. The van der Waals surface area contributed by atoms with E-state index in [1.54, 1.807) is 68.0 Å². The maximum atomic E-state index is 12.8. The Hall–Kier alpha value is -4.13. The fourth-order valence-corrected chi connectivity index (χ4v) is 2.79. The van der Waals surface area contributed by atoms with Gasteiger partial charge in [0.05, 0.1) is 12.0 Å². The molecule has 0 radical (unpaired) electrons. The topological polar surface area (TPSA) is 76.4 Å². The first-order valence-corrected chi connectivity index (χ1v) is 13.1. The lowest BCUT2D eigenvalue weighted by molar-refractivity contribution is -0.115. The second kappa shape index (κ2) is 21.0. The van der Waals surface area contributed by atoms with Gasteiger partial charge in [0.2, 0.25) is 5.91 Å². The molecule has 0 fully saturated rings. The molecule has 2 N–H and O–H groups in total. The third kappa shape index (κ3) is 12.7. The minimum atomic E-state index is -0.197. The maximum Gasteiger partial charge on any atom is 0.224 e. The second-order valence-corrected chi connectivity index (χ2v) is 6.83. The summed E-state index contributed by atoms with van der Waals surface area (Å²) in [6.07, 6.45) is 5.67. The molecular formula is C31H42FN3O3. The first-order valence-electron chi connectivity index (χ1n) is 13.1. The number of benzene rings is 3. The molecule has 38 heavy (non-hydrogen) atoms. The minimum Gasteiger partial charge on any atom is -0.504 e. The van der Waals surface area contributed by atoms with Gasteiger partial charge >= 0.3 is 0 Å². The van der Waals surface area contributed by atoms with Gasteiger partial charge in [0, 0.05) is 25.4 Å². The van der Waals surface area contributed by atoms with Gasteiger partial charge in [-0.1, -0.05) is 84.9 Å². The lowest BCUT2D eigenvalue weighted by atomic mass is 10.2. The zero-order chi connectivity index (χ0) is 28.8. The highest BCUT2D eigenvalue weighted by Crippen LogP contribution is 2.34. The molecule has 0 atom stereocenters. The average molecular weight is 524 g/mol. The van der Waals surface area contributed by atoms with E-state index in [2.05, 4.69) is 10.3 Å². The Kier molecular flexibility index (Phi) is 18.7. The number of hydrogen-bond acceptors (Lipinski definition) is 4. The fraction of sp³-hybridized carbons (Fsp3) is 0.290. The van der Waals surface area contributed by atoms with Gasteiger partial charge in [-0.25, -0.2) is 9.37 Å². The van der Waals surface area contributed by atoms with Crippen LogP contribution in [0.15, 0.2) is 91.5 Å². The van der Waals surface area contributed by atoms with E-state index in [1.165, 1.54) is 12.1 Å². The van der Waals surface area contributed by atoms with Crippen LogP contribution >= 0.6 is 0 Å². The Morgan fingerprint density at radius 3 is 2.13 bits per heavy atom. The number of ether oxygens (including phenoxy) is 1. The highest BCUT2D eigenvalue weighted by Gasteiger charge is 2.09. The molecule has 0 bridgehead atoms. The van der Waals surface area contributed by atoms with Crippen molar-refractivity contribution in [2.24, 2.45) is 0 Å². The number of anilines is 1. The summed E-state index contributed by atoms with van der Waals surface area (Å²) in [6, 6.07) is 20.4. The Bertz CT molecular complexity index is 1150. The molecule has 6 nitrogen and oxygen atoms in total. The van der Waals surface area contributed by atoms with E-state index in [0.717, 1.165) is 5.56 Å². The number of carbonyl (C=O) groups excluding carboxylic acids is 1. The predicted octanol–water partition coefficient (Wildman–Crippen LogP) is 8.68. The van der Waals surface area contributed by atoms with E-state index in [0.29, 0.717) is 30.2 Å². The van der Waals surface area contributed by atoms with E-state index in [1.807, 2.05) is 64.4 Å². The average Bonchev–Trinajstić information content (AvgIpc) is 3.48. The standard InChI is InChI=1S/C15H15NO3.C10H9FN2.3C2H6/c1-2-15(18)16-11-7-3-5-9-13(11)19-14-10-6-4-8-12(14)17;11-10-3-1-2-9(6-10)7-13-5-4-12-8-13;3*1-2/h3-10,17H,2H2,1H3,(H,16,18);1-6,8H,7H2;3*1-2H3. The highest BCUT2D eigenvalue weighted by molar-refractivity contribution is 5.92. The van der Waals surface area contributed by atoms with Gasteiger partial charge in [-0.3, -0.25) is 4.79 Å². The molecule has 206 valence electrons. The molecule has 7 heteroatoms. The molecule has 1 aromatic heterocycles. The van der Waals surface area contributed by atoms with Gasteiger partial charge in [-0.2, -0.15) is 0 Å². The SMILES string of the molecule is CC.CC.CC.CCC(=O)Nc1ccccc1Oc1ccccc1O.Fc1cccc(Cn2ccnc2)c1. The molecule has 0 aliphatic carbocycles. The van der Waals surface area contributed by atoms with Crippen LogP contribution < -0.4 is 10.1 Å². The molecule has 0 aliphatic rings. The van der Waals surface area contributed by atoms with Gasteiger partial charge in [-0.15, -0.1) is 0 Å². The van der Waals surface area contributed by atoms with Crippen molar-refractivity contribution in [3.63, 3.8) is 0 Å². The van der Waals surface area contributed by atoms with Crippen LogP contribution in [0.4, 0.5) is 10.1 Å². The summed E-state index contributed by atoms with van der Waals surface area (Å²) >= 11 is 0. The predicted molar refractivity (Wildman–Crippen MR) is 155 cm³/mol. The number of nitrogens with zero attached hydrogens (tertiary/aromatic N) is 2. The molecule has 3 aromatic carbocycles. The molecule has 1 heterocycles. The van der Waals surface area contributed by atoms with Crippen LogP contribution in [0.3, 0.4) is 0 Å². The molecule has 4 rings (SSSR count). The number of nitrogens with one attached hydrogen (secondary N) is 1. The number of amides is 1. The van der Waals surface area contributed by atoms with Gasteiger partial charge in [0.15, 0.2) is 17.2 Å². The largest absolute Gasteiger partial charge is 0.504 e. The Labute approximate surface area is 227 Å². The quantitative estimate of drug-likeness (QED) is 0.265. The molecule has 0 aliphatic heterocycles. The number of aromatic hydroxyl groups is 1. The number of aromatic nitrogens is 2.